The van der Waals surface area contributed by atoms with Crippen molar-refractivity contribution in [1.82, 2.24) is 0 Å². The summed E-state index contributed by atoms with van der Waals surface area (Å²) in [6, 6.07) is 0. The van der Waals surface area contributed by atoms with Gasteiger partial charge in [-0.2, -0.15) is 0 Å². The van der Waals surface area contributed by atoms with Gasteiger partial charge < -0.3 is 9.84 Å². The van der Waals surface area contributed by atoms with Gasteiger partial charge in [-0.05, 0) is 19.8 Å². The lowest BCUT2D eigenvalue weighted by Gasteiger charge is -2.07. The van der Waals surface area contributed by atoms with Crippen LogP contribution in [0.2, 0.25) is 0 Å². The average Bonchev–Trinajstić information content (AvgIpc) is 2.33. The van der Waals surface area contributed by atoms with E-state index in [2.05, 4.69) is 23.5 Å². The predicted octanol–water partition coefficient (Wildman–Crippen LogP) is 1.70. The number of carbonyl (C=O) groups excluding carboxylic acids is 2. The van der Waals surface area contributed by atoms with Crippen molar-refractivity contribution < 1.29 is 19.4 Å². The van der Waals surface area contributed by atoms with Gasteiger partial charge in [0.2, 0.25) is 0 Å². The third kappa shape index (κ3) is 7.08. The summed E-state index contributed by atoms with van der Waals surface area (Å²) in [6.07, 6.45) is 3.14. The average molecular weight is 254 g/mol. The first-order valence-corrected chi connectivity index (χ1v) is 6.27. The number of Topliss-reactive ketones (excluding diaryl/α,β-unsaturated/α-hetero) is 1. The topological polar surface area (TPSA) is 63.6 Å². The maximum atomic E-state index is 11.3. The molecule has 18 heavy (non-hydrogen) atoms. The number of carbonyl (C=O) groups is 2. The Bertz CT molecular complexity index is 324. The molecule has 0 fully saturated rings. The Morgan fingerprint density at radius 2 is 2.00 bits per heavy atom. The van der Waals surface area contributed by atoms with Crippen molar-refractivity contribution in [3.05, 3.63) is 0 Å². The van der Waals surface area contributed by atoms with Crippen LogP contribution in [-0.4, -0.2) is 30.1 Å². The van der Waals surface area contributed by atoms with E-state index in [1.165, 1.54) is 14.0 Å². The van der Waals surface area contributed by atoms with Crippen LogP contribution < -0.4 is 0 Å². The third-order valence-corrected chi connectivity index (χ3v) is 2.63. The molecule has 0 radical (unpaired) electrons. The smallest absolute Gasteiger partial charge is 0.317 e. The van der Waals surface area contributed by atoms with Crippen LogP contribution in [0.25, 0.3) is 0 Å². The molecule has 0 aliphatic heterocycles. The first-order valence-electron chi connectivity index (χ1n) is 6.27. The number of hydrogen-bond acceptors (Lipinski definition) is 4. The van der Waals surface area contributed by atoms with Crippen molar-refractivity contribution in [1.29, 1.82) is 0 Å². The van der Waals surface area contributed by atoms with Gasteiger partial charge in [-0.3, -0.25) is 9.59 Å². The Morgan fingerprint density at radius 1 is 1.33 bits per heavy atom. The normalized spacial score (nSPS) is 13.1. The molecular formula is C14H22O4. The molecule has 2 atom stereocenters. The number of unbranched alkanes of at least 4 members (excludes halogenated alkanes) is 2. The van der Waals surface area contributed by atoms with E-state index in [1.54, 1.807) is 0 Å². The molecule has 0 aromatic carbocycles. The molecule has 0 saturated heterocycles. The van der Waals surface area contributed by atoms with E-state index in [1.807, 2.05) is 0 Å². The number of aliphatic hydroxyl groups excluding tert-OH is 1. The standard InChI is InChI=1S/C14H22O4/c1-4-5-6-8-12(16)9-7-10-13(11(2)15)14(17)18-3/h12-13,16H,4-6,8,10H2,1-3H3. The van der Waals surface area contributed by atoms with Crippen molar-refractivity contribution in [3.8, 4) is 11.8 Å². The summed E-state index contributed by atoms with van der Waals surface area (Å²) in [6.45, 7) is 3.42. The van der Waals surface area contributed by atoms with Crippen molar-refractivity contribution in [2.24, 2.45) is 5.92 Å². The van der Waals surface area contributed by atoms with E-state index < -0.39 is 18.0 Å². The van der Waals surface area contributed by atoms with Crippen molar-refractivity contribution in [2.75, 3.05) is 7.11 Å². The van der Waals surface area contributed by atoms with E-state index >= 15 is 0 Å². The summed E-state index contributed by atoms with van der Waals surface area (Å²) < 4.78 is 4.52. The number of rotatable bonds is 7. The van der Waals surface area contributed by atoms with Gasteiger partial charge in [0.25, 0.3) is 0 Å². The molecule has 0 saturated carbocycles. The Labute approximate surface area is 109 Å². The van der Waals surface area contributed by atoms with Gasteiger partial charge in [0.15, 0.2) is 0 Å². The second-order valence-electron chi connectivity index (χ2n) is 4.22. The van der Waals surface area contributed by atoms with Crippen molar-refractivity contribution in [3.63, 3.8) is 0 Å². The SMILES string of the molecule is CCCCCC(O)C#CCC(C(C)=O)C(=O)OC. The van der Waals surface area contributed by atoms with Crippen LogP contribution in [0.4, 0.5) is 0 Å². The highest BCUT2D eigenvalue weighted by Gasteiger charge is 2.22. The van der Waals surface area contributed by atoms with Crippen LogP contribution in [-0.2, 0) is 14.3 Å². The van der Waals surface area contributed by atoms with Gasteiger partial charge in [-0.25, -0.2) is 0 Å². The van der Waals surface area contributed by atoms with Gasteiger partial charge in [0.05, 0.1) is 7.11 Å². The fourth-order valence-electron chi connectivity index (χ4n) is 1.47. The van der Waals surface area contributed by atoms with Gasteiger partial charge in [0.1, 0.15) is 17.8 Å². The number of ether oxygens (including phenoxy) is 1. The number of hydrogen-bond donors (Lipinski definition) is 1. The fraction of sp³-hybridized carbons (Fsp3) is 0.714. The molecule has 0 heterocycles. The minimum atomic E-state index is -0.842. The van der Waals surface area contributed by atoms with Gasteiger partial charge in [0, 0.05) is 6.42 Å². The number of ketones is 1. The minimum absolute atomic E-state index is 0.104. The minimum Gasteiger partial charge on any atom is -0.468 e. The maximum absolute atomic E-state index is 11.3. The molecule has 0 aliphatic rings. The Balaban J connectivity index is 4.19. The van der Waals surface area contributed by atoms with E-state index in [4.69, 9.17) is 0 Å². The summed E-state index contributed by atoms with van der Waals surface area (Å²) in [4.78, 5) is 22.5. The molecule has 4 nitrogen and oxygen atoms in total. The fourth-order valence-corrected chi connectivity index (χ4v) is 1.47. The zero-order valence-corrected chi connectivity index (χ0v) is 11.4. The largest absolute Gasteiger partial charge is 0.468 e. The third-order valence-electron chi connectivity index (χ3n) is 2.63. The van der Waals surface area contributed by atoms with Crippen LogP contribution in [0, 0.1) is 17.8 Å². The zero-order chi connectivity index (χ0) is 14.0. The highest BCUT2D eigenvalue weighted by atomic mass is 16.5. The van der Waals surface area contributed by atoms with Crippen LogP contribution in [0.3, 0.4) is 0 Å². The molecule has 0 aliphatic carbocycles. The van der Waals surface area contributed by atoms with Crippen molar-refractivity contribution in [2.45, 2.75) is 52.1 Å². The van der Waals surface area contributed by atoms with E-state index in [0.29, 0.717) is 6.42 Å². The first kappa shape index (κ1) is 16.7. The molecule has 0 rings (SSSR count). The van der Waals surface area contributed by atoms with E-state index in [0.717, 1.165) is 19.3 Å². The molecule has 1 N–H and O–H groups in total. The zero-order valence-electron chi connectivity index (χ0n) is 11.4. The number of esters is 1. The van der Waals surface area contributed by atoms with Crippen LogP contribution in [0.15, 0.2) is 0 Å². The Hall–Kier alpha value is -1.34. The van der Waals surface area contributed by atoms with E-state index in [9.17, 15) is 14.7 Å². The maximum Gasteiger partial charge on any atom is 0.317 e. The van der Waals surface area contributed by atoms with Gasteiger partial charge >= 0.3 is 5.97 Å². The molecule has 0 amide bonds. The second-order valence-corrected chi connectivity index (χ2v) is 4.22. The second kappa shape index (κ2) is 9.67. The molecule has 0 spiro atoms. The molecule has 0 aromatic heterocycles. The number of methoxy groups -OCH3 is 1. The number of aliphatic hydroxyl groups is 1. The highest BCUT2D eigenvalue weighted by Crippen LogP contribution is 2.07. The lowest BCUT2D eigenvalue weighted by atomic mass is 10.0. The van der Waals surface area contributed by atoms with Crippen LogP contribution in [0.5, 0.6) is 0 Å². The lowest BCUT2D eigenvalue weighted by molar-refractivity contribution is -0.148. The molecular weight excluding hydrogens is 232 g/mol. The summed E-state index contributed by atoms with van der Waals surface area (Å²) in [5.41, 5.74) is 0. The van der Waals surface area contributed by atoms with E-state index in [-0.39, 0.29) is 12.2 Å². The lowest BCUT2D eigenvalue weighted by Crippen LogP contribution is -2.22. The molecule has 102 valence electrons. The summed E-state index contributed by atoms with van der Waals surface area (Å²) in [5.74, 6) is 3.66. The highest BCUT2D eigenvalue weighted by molar-refractivity contribution is 5.97. The Morgan fingerprint density at radius 3 is 2.50 bits per heavy atom. The summed E-state index contributed by atoms with van der Waals surface area (Å²) >= 11 is 0. The predicted molar refractivity (Wildman–Crippen MR) is 68.7 cm³/mol. The monoisotopic (exact) mass is 254 g/mol. The molecule has 2 unspecified atom stereocenters. The van der Waals surface area contributed by atoms with Gasteiger partial charge in [-0.15, -0.1) is 0 Å². The van der Waals surface area contributed by atoms with Crippen LogP contribution >= 0.6 is 0 Å². The first-order chi connectivity index (χ1) is 8.52. The summed E-state index contributed by atoms with van der Waals surface area (Å²) in [7, 11) is 1.24. The quantitative estimate of drug-likeness (QED) is 0.325. The summed E-state index contributed by atoms with van der Waals surface area (Å²) in [5, 5.41) is 9.55. The molecule has 4 heteroatoms. The van der Waals surface area contributed by atoms with Crippen LogP contribution in [0.1, 0.15) is 46.0 Å². The molecule has 0 bridgehead atoms. The van der Waals surface area contributed by atoms with Crippen molar-refractivity contribution >= 4 is 11.8 Å². The Kier molecular flexibility index (Phi) is 8.95. The molecule has 0 aromatic rings. The van der Waals surface area contributed by atoms with Gasteiger partial charge in [-0.1, -0.05) is 31.6 Å².